The van der Waals surface area contributed by atoms with Crippen LogP contribution in [0.1, 0.15) is 25.0 Å². The van der Waals surface area contributed by atoms with Crippen LogP contribution in [0.15, 0.2) is 60.7 Å². The van der Waals surface area contributed by atoms with Gasteiger partial charge in [-0.2, -0.15) is 0 Å². The summed E-state index contributed by atoms with van der Waals surface area (Å²) in [7, 11) is 0. The molecule has 0 heterocycles. The highest BCUT2D eigenvalue weighted by Gasteiger charge is 2.23. The van der Waals surface area contributed by atoms with Crippen molar-refractivity contribution < 1.29 is 4.74 Å². The Kier molecular flexibility index (Phi) is 3.78. The van der Waals surface area contributed by atoms with Gasteiger partial charge in [0.15, 0.2) is 5.05 Å². The lowest BCUT2D eigenvalue weighted by atomic mass is 9.98. The molecular formula is C16H16OS. The molecule has 2 heteroatoms. The Balaban J connectivity index is 2.17. The summed E-state index contributed by atoms with van der Waals surface area (Å²) in [5.74, 6) is 0. The van der Waals surface area contributed by atoms with Crippen molar-refractivity contribution in [2.45, 2.75) is 19.4 Å². The van der Waals surface area contributed by atoms with Crippen LogP contribution in [0, 0.1) is 0 Å². The molecule has 18 heavy (non-hydrogen) atoms. The number of hydrogen-bond donors (Lipinski definition) is 0. The Morgan fingerprint density at radius 3 is 1.94 bits per heavy atom. The smallest absolute Gasteiger partial charge is 0.192 e. The third-order valence-electron chi connectivity index (χ3n) is 2.83. The molecule has 92 valence electrons. The van der Waals surface area contributed by atoms with Gasteiger partial charge in [0.2, 0.25) is 0 Å². The van der Waals surface area contributed by atoms with Crippen molar-refractivity contribution in [3.63, 3.8) is 0 Å². The highest BCUT2D eigenvalue weighted by atomic mass is 32.1. The van der Waals surface area contributed by atoms with Gasteiger partial charge in [-0.25, -0.2) is 0 Å². The van der Waals surface area contributed by atoms with Crippen LogP contribution in [0.3, 0.4) is 0 Å². The zero-order valence-corrected chi connectivity index (χ0v) is 11.4. The lowest BCUT2D eigenvalue weighted by molar-refractivity contribution is 0.0999. The average molecular weight is 256 g/mol. The first kappa shape index (κ1) is 12.8. The summed E-state index contributed by atoms with van der Waals surface area (Å²) in [6.07, 6.45) is 0. The predicted molar refractivity (Wildman–Crippen MR) is 78.7 cm³/mol. The van der Waals surface area contributed by atoms with Crippen molar-refractivity contribution in [2.24, 2.45) is 0 Å². The van der Waals surface area contributed by atoms with Crippen molar-refractivity contribution in [1.82, 2.24) is 0 Å². The fourth-order valence-electron chi connectivity index (χ4n) is 1.76. The van der Waals surface area contributed by atoms with Gasteiger partial charge in [0.05, 0.1) is 0 Å². The molecule has 0 aliphatic rings. The van der Waals surface area contributed by atoms with E-state index >= 15 is 0 Å². The number of rotatable bonds is 3. The highest BCUT2D eigenvalue weighted by Crippen LogP contribution is 2.26. The van der Waals surface area contributed by atoms with Crippen LogP contribution < -0.4 is 0 Å². The molecule has 0 unspecified atom stereocenters. The normalized spacial score (nSPS) is 11.0. The van der Waals surface area contributed by atoms with Crippen LogP contribution in [0.5, 0.6) is 0 Å². The average Bonchev–Trinajstić information content (AvgIpc) is 2.40. The molecule has 0 bridgehead atoms. The van der Waals surface area contributed by atoms with E-state index in [9.17, 15) is 0 Å². The Labute approximate surface area is 113 Å². The summed E-state index contributed by atoms with van der Waals surface area (Å²) in [5, 5.41) is 0.532. The van der Waals surface area contributed by atoms with Crippen molar-refractivity contribution >= 4 is 17.3 Å². The van der Waals surface area contributed by atoms with Crippen molar-refractivity contribution in [1.29, 1.82) is 0 Å². The maximum Gasteiger partial charge on any atom is 0.192 e. The van der Waals surface area contributed by atoms with E-state index in [2.05, 4.69) is 0 Å². The van der Waals surface area contributed by atoms with Gasteiger partial charge in [-0.05, 0) is 31.6 Å². The molecule has 1 nitrogen and oxygen atoms in total. The molecule has 0 fully saturated rings. The molecule has 0 amide bonds. The lowest BCUT2D eigenvalue weighted by Gasteiger charge is -2.27. The number of thiocarbonyl (C=S) groups is 1. The molecule has 0 N–H and O–H groups in total. The van der Waals surface area contributed by atoms with E-state index in [1.165, 1.54) is 0 Å². The zero-order chi connectivity index (χ0) is 13.0. The van der Waals surface area contributed by atoms with Crippen LogP contribution in [0.2, 0.25) is 0 Å². The molecular weight excluding hydrogens is 240 g/mol. The second-order valence-corrected chi connectivity index (χ2v) is 5.00. The summed E-state index contributed by atoms with van der Waals surface area (Å²) >= 11 is 5.35. The van der Waals surface area contributed by atoms with E-state index in [4.69, 9.17) is 17.0 Å². The molecule has 0 aliphatic heterocycles. The standard InChI is InChI=1S/C16H16OS/c1-16(2,14-11-7-4-8-12-14)17-15(18)13-9-5-3-6-10-13/h3-12H,1-2H3. The molecule has 0 spiro atoms. The van der Waals surface area contributed by atoms with Crippen LogP contribution >= 0.6 is 12.2 Å². The molecule has 2 aromatic rings. The van der Waals surface area contributed by atoms with Gasteiger partial charge in [0.1, 0.15) is 5.60 Å². The minimum Gasteiger partial charge on any atom is -0.472 e. The topological polar surface area (TPSA) is 9.23 Å². The van der Waals surface area contributed by atoms with E-state index in [1.54, 1.807) is 0 Å². The van der Waals surface area contributed by atoms with Gasteiger partial charge in [-0.15, -0.1) is 0 Å². The SMILES string of the molecule is CC(C)(OC(=S)c1ccccc1)c1ccccc1. The molecule has 0 aromatic heterocycles. The van der Waals surface area contributed by atoms with Gasteiger partial charge in [0, 0.05) is 5.56 Å². The summed E-state index contributed by atoms with van der Waals surface area (Å²) in [6.45, 7) is 4.05. The monoisotopic (exact) mass is 256 g/mol. The van der Waals surface area contributed by atoms with Crippen LogP contribution in [-0.2, 0) is 10.3 Å². The molecule has 0 aliphatic carbocycles. The molecule has 0 saturated carbocycles. The first-order chi connectivity index (χ1) is 8.59. The maximum absolute atomic E-state index is 5.94. The highest BCUT2D eigenvalue weighted by molar-refractivity contribution is 7.80. The van der Waals surface area contributed by atoms with Gasteiger partial charge in [0.25, 0.3) is 0 Å². The molecule has 0 atom stereocenters. The van der Waals surface area contributed by atoms with E-state index < -0.39 is 5.60 Å². The molecule has 0 saturated heterocycles. The Hall–Kier alpha value is -1.67. The molecule has 2 rings (SSSR count). The van der Waals surface area contributed by atoms with E-state index in [0.717, 1.165) is 11.1 Å². The van der Waals surface area contributed by atoms with Crippen molar-refractivity contribution in [2.75, 3.05) is 0 Å². The van der Waals surface area contributed by atoms with Gasteiger partial charge in [-0.1, -0.05) is 60.7 Å². The van der Waals surface area contributed by atoms with Gasteiger partial charge >= 0.3 is 0 Å². The number of ether oxygens (including phenoxy) is 1. The summed E-state index contributed by atoms with van der Waals surface area (Å²) in [6, 6.07) is 19.9. The Morgan fingerprint density at radius 1 is 0.889 bits per heavy atom. The first-order valence-electron chi connectivity index (χ1n) is 5.93. The second kappa shape index (κ2) is 5.32. The number of benzene rings is 2. The summed E-state index contributed by atoms with van der Waals surface area (Å²) in [5.41, 5.74) is 1.63. The third kappa shape index (κ3) is 2.96. The fraction of sp³-hybridized carbons (Fsp3) is 0.188. The van der Waals surface area contributed by atoms with E-state index in [-0.39, 0.29) is 0 Å². The van der Waals surface area contributed by atoms with Crippen LogP contribution in [-0.4, -0.2) is 5.05 Å². The lowest BCUT2D eigenvalue weighted by Crippen LogP contribution is -2.25. The van der Waals surface area contributed by atoms with Crippen molar-refractivity contribution in [3.05, 3.63) is 71.8 Å². The van der Waals surface area contributed by atoms with Gasteiger partial charge in [-0.3, -0.25) is 0 Å². The van der Waals surface area contributed by atoms with Crippen LogP contribution in [0.4, 0.5) is 0 Å². The minimum atomic E-state index is -0.422. The Morgan fingerprint density at radius 2 is 1.39 bits per heavy atom. The quantitative estimate of drug-likeness (QED) is 0.757. The first-order valence-corrected chi connectivity index (χ1v) is 6.34. The van der Waals surface area contributed by atoms with Crippen LogP contribution in [0.25, 0.3) is 0 Å². The fourth-order valence-corrected chi connectivity index (χ4v) is 2.11. The summed E-state index contributed by atoms with van der Waals surface area (Å²) in [4.78, 5) is 0. The number of hydrogen-bond acceptors (Lipinski definition) is 2. The maximum atomic E-state index is 5.94. The predicted octanol–water partition coefficient (Wildman–Crippen LogP) is 4.31. The summed E-state index contributed by atoms with van der Waals surface area (Å²) < 4.78 is 5.94. The third-order valence-corrected chi connectivity index (χ3v) is 3.15. The Bertz CT molecular complexity index is 517. The minimum absolute atomic E-state index is 0.422. The van der Waals surface area contributed by atoms with Gasteiger partial charge < -0.3 is 4.74 Å². The van der Waals surface area contributed by atoms with Crippen molar-refractivity contribution in [3.8, 4) is 0 Å². The molecule has 2 aromatic carbocycles. The largest absolute Gasteiger partial charge is 0.472 e. The second-order valence-electron chi connectivity index (χ2n) is 4.63. The molecule has 0 radical (unpaired) electrons. The van der Waals surface area contributed by atoms with E-state index in [0.29, 0.717) is 5.05 Å². The van der Waals surface area contributed by atoms with E-state index in [1.807, 2.05) is 74.5 Å². The zero-order valence-electron chi connectivity index (χ0n) is 10.6.